The molecule has 0 radical (unpaired) electrons. The van der Waals surface area contributed by atoms with E-state index in [4.69, 9.17) is 27.9 Å². The molecule has 194 valence electrons. The summed E-state index contributed by atoms with van der Waals surface area (Å²) < 4.78 is 6.97. The van der Waals surface area contributed by atoms with E-state index < -0.39 is 29.4 Å². The van der Waals surface area contributed by atoms with Crippen LogP contribution in [0.5, 0.6) is 5.75 Å². The maximum atomic E-state index is 13.6. The van der Waals surface area contributed by atoms with Crippen molar-refractivity contribution in [2.24, 2.45) is 0 Å². The number of likely N-dealkylation sites (tertiary alicyclic amines) is 1. The molecule has 1 unspecified atom stereocenters. The summed E-state index contributed by atoms with van der Waals surface area (Å²) in [7, 11) is 0. The van der Waals surface area contributed by atoms with Gasteiger partial charge >= 0.3 is 11.7 Å². The zero-order valence-electron chi connectivity index (χ0n) is 20.2. The number of rotatable bonds is 4. The van der Waals surface area contributed by atoms with Gasteiger partial charge in [0.15, 0.2) is 11.5 Å². The number of hydrogen-bond acceptors (Lipinski definition) is 6. The Hall–Kier alpha value is -3.30. The van der Waals surface area contributed by atoms with Gasteiger partial charge < -0.3 is 19.3 Å². The maximum Gasteiger partial charge on any atom is 0.415 e. The Bertz CT molecular complexity index is 1370. The summed E-state index contributed by atoms with van der Waals surface area (Å²) in [6.45, 7) is 6.16. The number of amides is 2. The Morgan fingerprint density at radius 1 is 1.14 bits per heavy atom. The number of benzene rings is 1. The van der Waals surface area contributed by atoms with Crippen LogP contribution in [-0.2, 0) is 24.1 Å². The number of fused-ring (bicyclic) bond motifs is 2. The number of halogens is 2. The molecule has 11 heteroatoms. The minimum absolute atomic E-state index is 0.0206. The lowest BCUT2D eigenvalue weighted by atomic mass is 10.1. The molecule has 2 aromatic rings. The standard InChI is InChI=1S/C26H26Cl2N4O5/c1-14(27)22(15(2)28)37-26(36)31-9-5-8-19(31)23-29-24(34)21(33)20-25(35)30(10-11-32(20)23)18-12-16-6-3-4-7-17(16)13-18/h3-4,6-7,18-19,33H,1,5,8-13H2,2H3/b22-15-. The van der Waals surface area contributed by atoms with Crippen LogP contribution in [0.4, 0.5) is 4.79 Å². The largest absolute Gasteiger partial charge is 0.501 e. The van der Waals surface area contributed by atoms with Crippen LogP contribution in [-0.4, -0.2) is 55.6 Å². The van der Waals surface area contributed by atoms with Crippen LogP contribution in [0.2, 0.25) is 0 Å². The lowest BCUT2D eigenvalue weighted by Gasteiger charge is -2.36. The third-order valence-electron chi connectivity index (χ3n) is 7.22. The number of allylic oxidation sites excluding steroid dienone is 2. The second kappa shape index (κ2) is 9.87. The molecule has 1 fully saturated rings. The minimum Gasteiger partial charge on any atom is -0.501 e. The van der Waals surface area contributed by atoms with Gasteiger partial charge in [0.05, 0.1) is 16.1 Å². The van der Waals surface area contributed by atoms with E-state index in [1.807, 2.05) is 12.1 Å². The quantitative estimate of drug-likeness (QED) is 0.459. The number of hydrogen-bond donors (Lipinski definition) is 1. The van der Waals surface area contributed by atoms with Crippen LogP contribution in [0.15, 0.2) is 51.5 Å². The Morgan fingerprint density at radius 3 is 2.43 bits per heavy atom. The van der Waals surface area contributed by atoms with Crippen LogP contribution >= 0.6 is 23.2 Å². The van der Waals surface area contributed by atoms with Crippen molar-refractivity contribution in [3.63, 3.8) is 0 Å². The SMILES string of the molecule is C=C(Cl)/C(OC(=O)N1CCCC1c1nc(=O)c(O)c2n1CCN(C1Cc3ccccc3C1)C2=O)=C(\C)Cl. The number of aromatic hydroxyl groups is 1. The number of carbonyl (C=O) groups excluding carboxylic acids is 2. The van der Waals surface area contributed by atoms with Crippen molar-refractivity contribution in [3.8, 4) is 5.75 Å². The lowest BCUT2D eigenvalue weighted by molar-refractivity contribution is 0.0610. The molecular weight excluding hydrogens is 519 g/mol. The molecular formula is C26H26Cl2N4O5. The molecule has 0 spiro atoms. The topological polar surface area (TPSA) is 105 Å². The molecule has 1 N–H and O–H groups in total. The van der Waals surface area contributed by atoms with E-state index in [1.54, 1.807) is 9.47 Å². The normalized spacial score (nSPS) is 20.0. The van der Waals surface area contributed by atoms with Gasteiger partial charge in [-0.15, -0.1) is 0 Å². The van der Waals surface area contributed by atoms with E-state index in [9.17, 15) is 19.5 Å². The third kappa shape index (κ3) is 4.51. The Morgan fingerprint density at radius 2 is 1.81 bits per heavy atom. The fraction of sp³-hybridized carbons (Fsp3) is 0.385. The van der Waals surface area contributed by atoms with E-state index in [0.717, 1.165) is 12.8 Å². The monoisotopic (exact) mass is 544 g/mol. The average molecular weight is 545 g/mol. The highest BCUT2D eigenvalue weighted by Gasteiger charge is 2.41. The van der Waals surface area contributed by atoms with Crippen LogP contribution in [0.25, 0.3) is 0 Å². The lowest BCUT2D eigenvalue weighted by Crippen LogP contribution is -2.49. The molecule has 1 aromatic heterocycles. The van der Waals surface area contributed by atoms with Gasteiger partial charge in [-0.3, -0.25) is 14.5 Å². The summed E-state index contributed by atoms with van der Waals surface area (Å²) >= 11 is 11.9. The Labute approximate surface area is 223 Å². The number of nitrogens with zero attached hydrogens (tertiary/aromatic N) is 4. The summed E-state index contributed by atoms with van der Waals surface area (Å²) in [6.07, 6.45) is 1.85. The van der Waals surface area contributed by atoms with Gasteiger partial charge in [0.2, 0.25) is 5.75 Å². The fourth-order valence-electron chi connectivity index (χ4n) is 5.52. The maximum absolute atomic E-state index is 13.6. The van der Waals surface area contributed by atoms with Crippen molar-refractivity contribution in [2.75, 3.05) is 13.1 Å². The van der Waals surface area contributed by atoms with Gasteiger partial charge in [0.25, 0.3) is 5.91 Å². The molecule has 1 aliphatic carbocycles. The highest BCUT2D eigenvalue weighted by atomic mass is 35.5. The first-order valence-corrected chi connectivity index (χ1v) is 12.8. The van der Waals surface area contributed by atoms with Crippen LogP contribution < -0.4 is 5.56 Å². The summed E-state index contributed by atoms with van der Waals surface area (Å²) in [5.41, 5.74) is 1.40. The van der Waals surface area contributed by atoms with E-state index in [2.05, 4.69) is 23.7 Å². The van der Waals surface area contributed by atoms with Crippen molar-refractivity contribution in [1.82, 2.24) is 19.4 Å². The van der Waals surface area contributed by atoms with Gasteiger partial charge in [0.1, 0.15) is 5.82 Å². The zero-order chi connectivity index (χ0) is 26.4. The first-order valence-electron chi connectivity index (χ1n) is 12.1. The van der Waals surface area contributed by atoms with Crippen molar-refractivity contribution in [3.05, 3.63) is 79.7 Å². The van der Waals surface area contributed by atoms with Gasteiger partial charge in [-0.05, 0) is 43.7 Å². The molecule has 0 saturated carbocycles. The van der Waals surface area contributed by atoms with Gasteiger partial charge in [-0.1, -0.05) is 54.0 Å². The van der Waals surface area contributed by atoms with Gasteiger partial charge in [-0.25, -0.2) is 4.79 Å². The molecule has 2 aliphatic heterocycles. The van der Waals surface area contributed by atoms with E-state index in [-0.39, 0.29) is 33.4 Å². The van der Waals surface area contributed by atoms with E-state index in [0.29, 0.717) is 32.5 Å². The zero-order valence-corrected chi connectivity index (χ0v) is 21.8. The van der Waals surface area contributed by atoms with Gasteiger partial charge in [0, 0.05) is 25.7 Å². The Balaban J connectivity index is 1.46. The molecule has 0 bridgehead atoms. The van der Waals surface area contributed by atoms with Crippen molar-refractivity contribution in [2.45, 2.75) is 51.2 Å². The third-order valence-corrected chi connectivity index (χ3v) is 7.56. The average Bonchev–Trinajstić information content (AvgIpc) is 3.51. The second-order valence-corrected chi connectivity index (χ2v) is 10.5. The van der Waals surface area contributed by atoms with Crippen LogP contribution in [0, 0.1) is 0 Å². The number of aromatic nitrogens is 2. The predicted molar refractivity (Wildman–Crippen MR) is 138 cm³/mol. The highest BCUT2D eigenvalue weighted by Crippen LogP contribution is 2.36. The summed E-state index contributed by atoms with van der Waals surface area (Å²) in [5.74, 6) is -0.897. The molecule has 1 saturated heterocycles. The molecule has 5 rings (SSSR count). The summed E-state index contributed by atoms with van der Waals surface area (Å²) in [4.78, 5) is 46.6. The fourth-order valence-corrected chi connectivity index (χ4v) is 5.90. The molecule has 1 atom stereocenters. The first kappa shape index (κ1) is 25.4. The van der Waals surface area contributed by atoms with E-state index >= 15 is 0 Å². The molecule has 3 heterocycles. The molecule has 9 nitrogen and oxygen atoms in total. The van der Waals surface area contributed by atoms with Crippen molar-refractivity contribution >= 4 is 35.2 Å². The molecule has 1 aromatic carbocycles. The van der Waals surface area contributed by atoms with Crippen LogP contribution in [0.1, 0.15) is 53.2 Å². The molecule has 37 heavy (non-hydrogen) atoms. The van der Waals surface area contributed by atoms with Crippen molar-refractivity contribution < 1.29 is 19.4 Å². The number of carbonyl (C=O) groups is 2. The Kier molecular flexibility index (Phi) is 6.76. The first-order chi connectivity index (χ1) is 17.7. The predicted octanol–water partition coefficient (Wildman–Crippen LogP) is 4.07. The van der Waals surface area contributed by atoms with Crippen LogP contribution in [0.3, 0.4) is 0 Å². The summed E-state index contributed by atoms with van der Waals surface area (Å²) in [6, 6.07) is 7.38. The molecule has 3 aliphatic rings. The molecule has 2 amide bonds. The highest BCUT2D eigenvalue weighted by molar-refractivity contribution is 6.35. The van der Waals surface area contributed by atoms with Gasteiger partial charge in [-0.2, -0.15) is 4.98 Å². The van der Waals surface area contributed by atoms with E-state index in [1.165, 1.54) is 23.0 Å². The summed E-state index contributed by atoms with van der Waals surface area (Å²) in [5, 5.41) is 10.8. The van der Waals surface area contributed by atoms with Crippen molar-refractivity contribution in [1.29, 1.82) is 0 Å². The number of ether oxygens (including phenoxy) is 1. The second-order valence-electron chi connectivity index (χ2n) is 9.44. The smallest absolute Gasteiger partial charge is 0.415 e. The minimum atomic E-state index is -0.905.